The molecule has 0 saturated carbocycles. The maximum Gasteiger partial charge on any atom is 0.434 e. The van der Waals surface area contributed by atoms with E-state index < -0.39 is 23.6 Å². The van der Waals surface area contributed by atoms with E-state index in [1.54, 1.807) is 6.92 Å². The number of benzene rings is 1. The van der Waals surface area contributed by atoms with Gasteiger partial charge in [0.1, 0.15) is 5.01 Å². The van der Waals surface area contributed by atoms with E-state index in [-0.39, 0.29) is 47.6 Å². The van der Waals surface area contributed by atoms with Gasteiger partial charge >= 0.3 is 12.4 Å². The van der Waals surface area contributed by atoms with E-state index in [4.69, 9.17) is 0 Å². The molecule has 0 fully saturated rings. The number of halogens is 7. The minimum atomic E-state index is -4.50. The first-order valence-corrected chi connectivity index (χ1v) is 9.17. The molecule has 164 valence electrons. The highest BCUT2D eigenvalue weighted by Crippen LogP contribution is 2.30. The molecular formula is C18H17F6IN4S. The van der Waals surface area contributed by atoms with Crippen LogP contribution in [0.2, 0.25) is 0 Å². The molecule has 0 aliphatic carbocycles. The zero-order chi connectivity index (χ0) is 21.5. The second-order valence-corrected chi connectivity index (χ2v) is 6.50. The van der Waals surface area contributed by atoms with Gasteiger partial charge in [-0.25, -0.2) is 9.98 Å². The summed E-state index contributed by atoms with van der Waals surface area (Å²) in [5.41, 5.74) is -1.53. The van der Waals surface area contributed by atoms with E-state index in [0.717, 1.165) is 28.8 Å². The first-order valence-electron chi connectivity index (χ1n) is 8.29. The van der Waals surface area contributed by atoms with Gasteiger partial charge in [-0.1, -0.05) is 17.9 Å². The number of hydrogen-bond donors (Lipinski definition) is 2. The van der Waals surface area contributed by atoms with E-state index in [1.165, 1.54) is 12.1 Å². The maximum atomic E-state index is 12.7. The lowest BCUT2D eigenvalue weighted by molar-refractivity contribution is -0.141. The number of alkyl halides is 6. The number of nitrogens with one attached hydrogen (secondary N) is 2. The Labute approximate surface area is 190 Å². The quantitative estimate of drug-likeness (QED) is 0.183. The second-order valence-electron chi connectivity index (χ2n) is 5.55. The van der Waals surface area contributed by atoms with E-state index in [0.29, 0.717) is 12.5 Å². The highest BCUT2D eigenvalue weighted by molar-refractivity contribution is 14.0. The van der Waals surface area contributed by atoms with Crippen molar-refractivity contribution < 1.29 is 26.3 Å². The van der Waals surface area contributed by atoms with E-state index in [1.807, 2.05) is 0 Å². The average Bonchev–Trinajstić information content (AvgIpc) is 3.12. The van der Waals surface area contributed by atoms with Gasteiger partial charge in [-0.3, -0.25) is 0 Å². The van der Waals surface area contributed by atoms with Crippen LogP contribution in [0.25, 0.3) is 0 Å². The fraction of sp³-hybridized carbons (Fsp3) is 0.333. The van der Waals surface area contributed by atoms with Gasteiger partial charge in [-0.05, 0) is 25.1 Å². The molecule has 1 aromatic heterocycles. The van der Waals surface area contributed by atoms with Gasteiger partial charge in [0, 0.05) is 17.5 Å². The number of aliphatic imine (C=N–C) groups is 1. The summed E-state index contributed by atoms with van der Waals surface area (Å²) in [5, 5.41) is 6.86. The number of thiazole rings is 1. The largest absolute Gasteiger partial charge is 0.434 e. The zero-order valence-electron chi connectivity index (χ0n) is 15.5. The van der Waals surface area contributed by atoms with Crippen molar-refractivity contribution >= 4 is 41.3 Å². The van der Waals surface area contributed by atoms with Gasteiger partial charge in [-0.15, -0.1) is 35.3 Å². The molecule has 0 radical (unpaired) electrons. The Balaban J connectivity index is 0.00000450. The van der Waals surface area contributed by atoms with Crippen LogP contribution in [-0.4, -0.2) is 24.0 Å². The molecule has 1 heterocycles. The first-order chi connectivity index (χ1) is 13.6. The molecule has 0 saturated heterocycles. The summed E-state index contributed by atoms with van der Waals surface area (Å²) in [5.74, 6) is 5.60. The predicted octanol–water partition coefficient (Wildman–Crippen LogP) is 4.91. The molecule has 0 spiro atoms. The molecule has 1 aromatic carbocycles. The Morgan fingerprint density at radius 1 is 1.13 bits per heavy atom. The molecule has 0 bridgehead atoms. The minimum absolute atomic E-state index is 0. The van der Waals surface area contributed by atoms with Crippen molar-refractivity contribution in [2.75, 3.05) is 13.1 Å². The van der Waals surface area contributed by atoms with Gasteiger partial charge in [0.2, 0.25) is 0 Å². The van der Waals surface area contributed by atoms with Gasteiger partial charge in [0.25, 0.3) is 0 Å². The van der Waals surface area contributed by atoms with Crippen LogP contribution in [0.5, 0.6) is 0 Å². The van der Waals surface area contributed by atoms with Crippen molar-refractivity contribution in [3.05, 3.63) is 51.5 Å². The Morgan fingerprint density at radius 2 is 1.87 bits per heavy atom. The average molecular weight is 562 g/mol. The Hall–Kier alpha value is -2.01. The summed E-state index contributed by atoms with van der Waals surface area (Å²) in [6.45, 7) is 2.32. The van der Waals surface area contributed by atoms with Crippen molar-refractivity contribution in [2.45, 2.75) is 25.8 Å². The Kier molecular flexibility index (Phi) is 9.89. The van der Waals surface area contributed by atoms with Crippen molar-refractivity contribution in [1.82, 2.24) is 15.6 Å². The normalized spacial score (nSPS) is 11.9. The standard InChI is InChI=1S/C18H16F6N4S.HI/c1-2-25-16(27-10-15-28-14(11-29-15)18(22,23)24)26-8-4-6-12-5-3-7-13(9-12)17(19,20)21;/h3,5,7,9,11H,2,8,10H2,1H3,(H2,25,26,27);1H. The van der Waals surface area contributed by atoms with Crippen LogP contribution < -0.4 is 10.6 Å². The van der Waals surface area contributed by atoms with Gasteiger partial charge < -0.3 is 10.6 Å². The minimum Gasteiger partial charge on any atom is -0.357 e. The van der Waals surface area contributed by atoms with Crippen LogP contribution in [0.4, 0.5) is 26.3 Å². The number of aromatic nitrogens is 1. The lowest BCUT2D eigenvalue weighted by atomic mass is 10.1. The maximum absolute atomic E-state index is 12.7. The number of hydrogen-bond acceptors (Lipinski definition) is 3. The van der Waals surface area contributed by atoms with E-state index >= 15 is 0 Å². The fourth-order valence-corrected chi connectivity index (χ4v) is 2.77. The van der Waals surface area contributed by atoms with Gasteiger partial charge in [0.15, 0.2) is 11.7 Å². The molecule has 4 nitrogen and oxygen atoms in total. The van der Waals surface area contributed by atoms with E-state index in [2.05, 4.69) is 32.5 Å². The third-order valence-corrected chi connectivity index (χ3v) is 4.16. The summed E-state index contributed by atoms with van der Waals surface area (Å²) in [7, 11) is 0. The SMILES string of the molecule is CCNC(=NCc1nc(C(F)(F)F)cs1)NCC#Cc1cccc(C(F)(F)F)c1.I. The lowest BCUT2D eigenvalue weighted by Crippen LogP contribution is -2.37. The predicted molar refractivity (Wildman–Crippen MR) is 114 cm³/mol. The molecule has 0 unspecified atom stereocenters. The van der Waals surface area contributed by atoms with Gasteiger partial charge in [0.05, 0.1) is 18.7 Å². The molecule has 2 aromatic rings. The highest BCUT2D eigenvalue weighted by atomic mass is 127. The second kappa shape index (κ2) is 11.4. The number of guanidine groups is 1. The molecular weight excluding hydrogens is 545 g/mol. The Bertz CT molecular complexity index is 912. The van der Waals surface area contributed by atoms with Crippen LogP contribution in [0, 0.1) is 11.8 Å². The summed E-state index contributed by atoms with van der Waals surface area (Å²) in [6, 6.07) is 4.65. The van der Waals surface area contributed by atoms with E-state index in [9.17, 15) is 26.3 Å². The third-order valence-electron chi connectivity index (χ3n) is 3.33. The van der Waals surface area contributed by atoms with Crippen molar-refractivity contribution in [3.63, 3.8) is 0 Å². The monoisotopic (exact) mass is 562 g/mol. The van der Waals surface area contributed by atoms with Crippen molar-refractivity contribution in [2.24, 2.45) is 4.99 Å². The van der Waals surface area contributed by atoms with Crippen LogP contribution in [0.1, 0.15) is 28.8 Å². The summed E-state index contributed by atoms with van der Waals surface area (Å²) >= 11 is 0.852. The fourth-order valence-electron chi connectivity index (χ4n) is 2.05. The summed E-state index contributed by atoms with van der Waals surface area (Å²) in [6.07, 6.45) is -8.94. The Morgan fingerprint density at radius 3 is 2.47 bits per heavy atom. The van der Waals surface area contributed by atoms with Gasteiger partial charge in [-0.2, -0.15) is 26.3 Å². The molecule has 12 heteroatoms. The van der Waals surface area contributed by atoms with Crippen molar-refractivity contribution in [3.8, 4) is 11.8 Å². The highest BCUT2D eigenvalue weighted by Gasteiger charge is 2.33. The topological polar surface area (TPSA) is 49.3 Å². The molecule has 2 N–H and O–H groups in total. The molecule has 0 amide bonds. The van der Waals surface area contributed by atoms with Crippen LogP contribution >= 0.6 is 35.3 Å². The molecule has 0 atom stereocenters. The number of nitrogens with zero attached hydrogens (tertiary/aromatic N) is 2. The third kappa shape index (κ3) is 8.39. The first kappa shape index (κ1) is 26.0. The van der Waals surface area contributed by atoms with Crippen LogP contribution in [0.3, 0.4) is 0 Å². The molecule has 2 rings (SSSR count). The summed E-state index contributed by atoms with van der Waals surface area (Å²) < 4.78 is 75.7. The molecule has 0 aliphatic rings. The zero-order valence-corrected chi connectivity index (χ0v) is 18.6. The molecule has 30 heavy (non-hydrogen) atoms. The lowest BCUT2D eigenvalue weighted by Gasteiger charge is -2.08. The molecule has 0 aliphatic heterocycles. The number of rotatable bonds is 4. The van der Waals surface area contributed by atoms with Crippen LogP contribution in [-0.2, 0) is 18.9 Å². The summed E-state index contributed by atoms with van der Waals surface area (Å²) in [4.78, 5) is 7.62. The van der Waals surface area contributed by atoms with Crippen molar-refractivity contribution in [1.29, 1.82) is 0 Å². The smallest absolute Gasteiger partial charge is 0.357 e. The van der Waals surface area contributed by atoms with Crippen LogP contribution in [0.15, 0.2) is 34.6 Å².